The van der Waals surface area contributed by atoms with Crippen LogP contribution in [0.15, 0.2) is 199 Å². The van der Waals surface area contributed by atoms with Gasteiger partial charge in [0, 0.05) is 42.0 Å². The smallest absolute Gasteiger partial charge is 0.672 e. The zero-order valence-corrected chi connectivity index (χ0v) is 58.3. The van der Waals surface area contributed by atoms with E-state index in [9.17, 15) is 45.5 Å². The summed E-state index contributed by atoms with van der Waals surface area (Å²) in [5.41, 5.74) is 13.3. The molecule has 0 bridgehead atoms. The number of piperidine rings is 2. The first-order valence-electron chi connectivity index (χ1n) is 32.1. The number of sulfonamides is 1. The molecule has 0 radical (unpaired) electrons. The number of hydrogen-bond donors (Lipinski definition) is 1. The Morgan fingerprint density at radius 2 is 1.00 bits per heavy atom. The van der Waals surface area contributed by atoms with Crippen LogP contribution in [0, 0.1) is 28.7 Å². The molecule has 2 N–H and O–H groups in total. The van der Waals surface area contributed by atoms with E-state index < -0.39 is 45.8 Å². The second-order valence-electron chi connectivity index (χ2n) is 23.6. The molecule has 2 fully saturated rings. The van der Waals surface area contributed by atoms with Crippen molar-refractivity contribution in [1.29, 1.82) is 0 Å². The van der Waals surface area contributed by atoms with Crippen LogP contribution < -0.4 is 0 Å². The second-order valence-corrected chi connectivity index (χ2v) is 25.2. The van der Waals surface area contributed by atoms with E-state index in [1.54, 1.807) is 52.3 Å². The van der Waals surface area contributed by atoms with Gasteiger partial charge >= 0.3 is 31.3 Å². The van der Waals surface area contributed by atoms with Crippen LogP contribution in [0.5, 0.6) is 0 Å². The number of carbonyl (C=O) groups excluding carboxylic acids is 3. The SMILES string of the molecule is CCCCCCCN1C(=O)CCC[C@@H]1/C=C/C(=O)C(F)(F)c1ccccc1.CCCCCCCN1C(=O)CCC[C@@H]1/C=C/[C@@H](O)C(F)(F)c1ccccc1.Cc1ccc(C(C)C)cc1.Cc1ccc(S(=O)(=O)[N-][C@H](c2ccccc2)[C@H]([NH-])c2ccccc2)cc1.[CH3-].[CH3-].[Ru+4]. The molecule has 93 heavy (non-hydrogen) atoms. The molecule has 8 rings (SSSR count). The van der Waals surface area contributed by atoms with Gasteiger partial charge in [0.05, 0.1) is 12.1 Å². The molecular formula is C77H100F4N4O6RuS. The van der Waals surface area contributed by atoms with Crippen LogP contribution in [0.3, 0.4) is 0 Å². The summed E-state index contributed by atoms with van der Waals surface area (Å²) in [6, 6.07) is 46.0. The minimum Gasteiger partial charge on any atom is -0.672 e. The van der Waals surface area contributed by atoms with Crippen LogP contribution in [0.25, 0.3) is 10.5 Å². The third-order valence-electron chi connectivity index (χ3n) is 16.1. The molecule has 0 unspecified atom stereocenters. The maximum atomic E-state index is 14.4. The number of likely N-dealkylation sites (tertiary alicyclic amines) is 2. The molecule has 10 nitrogen and oxygen atoms in total. The van der Waals surface area contributed by atoms with Crippen molar-refractivity contribution in [2.45, 2.75) is 197 Å². The third kappa shape index (κ3) is 27.1. The average Bonchev–Trinajstić information content (AvgIpc) is 2.61. The van der Waals surface area contributed by atoms with Crippen molar-refractivity contribution < 1.29 is 64.9 Å². The molecule has 16 heteroatoms. The van der Waals surface area contributed by atoms with Gasteiger partial charge in [0.2, 0.25) is 17.6 Å². The molecule has 2 heterocycles. The predicted molar refractivity (Wildman–Crippen MR) is 369 cm³/mol. The number of aryl methyl sites for hydroxylation is 2. The summed E-state index contributed by atoms with van der Waals surface area (Å²) < 4.78 is 87.2. The predicted octanol–water partition coefficient (Wildman–Crippen LogP) is 19.9. The maximum absolute atomic E-state index is 14.4. The summed E-state index contributed by atoms with van der Waals surface area (Å²) in [6.07, 6.45) is 18.2. The van der Waals surface area contributed by atoms with E-state index in [-0.39, 0.29) is 74.3 Å². The number of aliphatic hydroxyl groups excluding tert-OH is 1. The Morgan fingerprint density at radius 1 is 0.591 bits per heavy atom. The normalized spacial score (nSPS) is 16.0. The van der Waals surface area contributed by atoms with Gasteiger partial charge in [0.15, 0.2) is 0 Å². The molecule has 506 valence electrons. The van der Waals surface area contributed by atoms with Gasteiger partial charge in [0.25, 0.3) is 0 Å². The molecule has 2 aliphatic heterocycles. The fraction of sp³-hybridized carbons (Fsp3) is 0.416. The summed E-state index contributed by atoms with van der Waals surface area (Å²) in [5.74, 6) is -7.37. The van der Waals surface area contributed by atoms with Crippen molar-refractivity contribution in [3.8, 4) is 0 Å². The van der Waals surface area contributed by atoms with Crippen molar-refractivity contribution in [3.63, 3.8) is 0 Å². The van der Waals surface area contributed by atoms with Gasteiger partial charge in [-0.05, 0) is 82.1 Å². The molecule has 0 aromatic heterocycles. The number of halogens is 4. The number of aliphatic hydroxyl groups is 1. The Kier molecular flexibility index (Phi) is 38.1. The van der Waals surface area contributed by atoms with Crippen LogP contribution in [0.2, 0.25) is 0 Å². The zero-order chi connectivity index (χ0) is 65.5. The number of rotatable bonds is 27. The Hall–Kier alpha value is -6.42. The molecule has 0 spiro atoms. The van der Waals surface area contributed by atoms with E-state index in [2.05, 4.69) is 63.6 Å². The summed E-state index contributed by atoms with van der Waals surface area (Å²) in [6.45, 7) is 14.0. The molecule has 2 saturated heterocycles. The van der Waals surface area contributed by atoms with Crippen LogP contribution >= 0.6 is 0 Å². The molecule has 5 atom stereocenters. The van der Waals surface area contributed by atoms with E-state index in [1.165, 1.54) is 85.0 Å². The van der Waals surface area contributed by atoms with E-state index in [1.807, 2.05) is 67.6 Å². The number of hydrogen-bond acceptors (Lipinski definition) is 6. The first-order valence-corrected chi connectivity index (χ1v) is 33.5. The molecule has 2 aliphatic rings. The number of carbonyl (C=O) groups is 3. The molecular weight excluding hydrogens is 1290 g/mol. The topological polar surface area (TPSA) is 150 Å². The van der Waals surface area contributed by atoms with E-state index >= 15 is 0 Å². The van der Waals surface area contributed by atoms with Gasteiger partial charge < -0.3 is 40.2 Å². The Morgan fingerprint density at radius 3 is 1.45 bits per heavy atom. The Balaban J connectivity index is 0.000000435. The van der Waals surface area contributed by atoms with Crippen molar-refractivity contribution in [2.75, 3.05) is 13.1 Å². The number of allylic oxidation sites excluding steroid dienone is 1. The molecule has 6 aromatic carbocycles. The van der Waals surface area contributed by atoms with Crippen molar-refractivity contribution in [3.05, 3.63) is 258 Å². The maximum Gasteiger partial charge on any atom is 4.00 e. The molecule has 6 aromatic rings. The minimum absolute atomic E-state index is 0. The van der Waals surface area contributed by atoms with Crippen molar-refractivity contribution >= 4 is 27.6 Å². The van der Waals surface area contributed by atoms with Crippen LogP contribution in [0.4, 0.5) is 17.6 Å². The molecule has 0 aliphatic carbocycles. The monoisotopic (exact) mass is 1390 g/mol. The number of benzene rings is 6. The summed E-state index contributed by atoms with van der Waals surface area (Å²) in [4.78, 5) is 40.3. The summed E-state index contributed by atoms with van der Waals surface area (Å²) in [5, 5.41) is 10.0. The van der Waals surface area contributed by atoms with E-state index in [0.717, 1.165) is 87.5 Å². The number of amides is 2. The number of ketones is 1. The Labute approximate surface area is 567 Å². The number of alkyl halides is 4. The standard InChI is InChI=1S/C22H31F2NO2.C22H29F2NO2.C21H20N2O2S.C10H14.2CH3.Ru/c2*1-2-3-4-5-9-17-25-19(13-10-14-21(25)27)15-16-20(26)22(23,24)18-11-7-6-8-12-18;1-16-12-14-19(15-13-16)26(24,25)23-21(18-10-6-3-7-11-18)20(22)17-8-4-2-5-9-17;1-8(2)10-6-4-9(3)5-7-10;;;/h6-8,11-12,15-16,19-20,26H,2-5,9-10,13-14,17H2,1H3;6-8,11-12,15-16,19H,2-5,9-10,13-14,17H2,1H3;2-15,20-22H,1H3;4-8H,1-3H3;2*1H3;/q;;-2;;2*-1;+4/b2*16-15+;;;;;/t19-,20-;19-;20-,21-;;;;/m111..../s1. The van der Waals surface area contributed by atoms with Crippen LogP contribution in [0.1, 0.15) is 187 Å². The van der Waals surface area contributed by atoms with Crippen LogP contribution in [-0.4, -0.2) is 72.2 Å². The zero-order valence-electron chi connectivity index (χ0n) is 55.8. The largest absolute Gasteiger partial charge is 4.00 e. The third-order valence-corrected chi connectivity index (χ3v) is 17.5. The summed E-state index contributed by atoms with van der Waals surface area (Å²) in [7, 11) is -3.87. The van der Waals surface area contributed by atoms with Crippen molar-refractivity contribution in [1.82, 2.24) is 9.80 Å². The second kappa shape index (κ2) is 42.8. The van der Waals surface area contributed by atoms with Gasteiger partial charge in [-0.3, -0.25) is 14.4 Å². The first-order chi connectivity index (χ1) is 43.1. The first kappa shape index (κ1) is 82.7. The molecule has 2 amide bonds. The minimum atomic E-state index is -3.87. The number of unbranched alkanes of at least 4 members (excludes halogenated alkanes) is 8. The van der Waals surface area contributed by atoms with Gasteiger partial charge in [-0.1, -0.05) is 277 Å². The van der Waals surface area contributed by atoms with Gasteiger partial charge in [-0.25, -0.2) is 8.42 Å². The number of nitrogens with zero attached hydrogens (tertiary/aromatic N) is 3. The Bertz CT molecular complexity index is 3220. The summed E-state index contributed by atoms with van der Waals surface area (Å²) >= 11 is 0. The van der Waals surface area contributed by atoms with Crippen molar-refractivity contribution in [2.24, 2.45) is 0 Å². The fourth-order valence-corrected chi connectivity index (χ4v) is 11.7. The quantitative estimate of drug-likeness (QED) is 0.0135. The van der Waals surface area contributed by atoms with Gasteiger partial charge in [-0.15, -0.1) is 12.1 Å². The fourth-order valence-electron chi connectivity index (χ4n) is 10.6. The van der Waals surface area contributed by atoms with Gasteiger partial charge in [0.1, 0.15) is 16.1 Å². The average molecular weight is 1390 g/mol. The van der Waals surface area contributed by atoms with E-state index in [0.29, 0.717) is 43.8 Å². The van der Waals surface area contributed by atoms with E-state index in [4.69, 9.17) is 5.73 Å². The van der Waals surface area contributed by atoms with Crippen LogP contribution in [-0.2, 0) is 55.7 Å². The van der Waals surface area contributed by atoms with Gasteiger partial charge in [-0.2, -0.15) is 17.6 Å². The molecule has 0 saturated carbocycles. The number of nitrogens with one attached hydrogen (secondary N) is 1.